The van der Waals surface area contributed by atoms with Crippen LogP contribution in [0.25, 0.3) is 42.8 Å². The maximum Gasteiger partial charge on any atom is 0.323 e. The Kier molecular flexibility index (Phi) is 11.9. The van der Waals surface area contributed by atoms with Gasteiger partial charge in [0.25, 0.3) is 22.9 Å². The molecule has 6 N–H and O–H groups in total. The number of hydrogen-bond acceptors (Lipinski definition) is 9. The lowest BCUT2D eigenvalue weighted by Gasteiger charge is -2.15. The van der Waals surface area contributed by atoms with Gasteiger partial charge in [0.1, 0.15) is 18.1 Å². The highest BCUT2D eigenvalue weighted by molar-refractivity contribution is 7.21. The average molecular weight is 814 g/mol. The molecular formula is C43H39N7O8S. The number of amides is 2. The van der Waals surface area contributed by atoms with E-state index in [-0.39, 0.29) is 16.9 Å². The minimum atomic E-state index is -1.21. The fourth-order valence-electron chi connectivity index (χ4n) is 6.91. The van der Waals surface area contributed by atoms with E-state index in [1.54, 1.807) is 18.2 Å². The summed E-state index contributed by atoms with van der Waals surface area (Å²) in [6, 6.07) is 23.7. The summed E-state index contributed by atoms with van der Waals surface area (Å²) < 4.78 is 5.02. The van der Waals surface area contributed by atoms with Crippen LogP contribution in [0.1, 0.15) is 46.4 Å². The topological polar surface area (TPSA) is 221 Å². The maximum atomic E-state index is 14.0. The lowest BCUT2D eigenvalue weighted by atomic mass is 9.95. The number of hydrogen-bond donors (Lipinski definition) is 5. The molecule has 0 aliphatic carbocycles. The van der Waals surface area contributed by atoms with Crippen LogP contribution in [-0.2, 0) is 29.2 Å². The molecule has 7 rings (SSSR count). The van der Waals surface area contributed by atoms with Crippen LogP contribution in [-0.4, -0.2) is 59.2 Å². The normalized spacial score (nSPS) is 11.2. The van der Waals surface area contributed by atoms with Gasteiger partial charge in [-0.25, -0.2) is 4.98 Å². The molecule has 0 unspecified atom stereocenters. The number of unbranched alkanes of at least 4 members (excludes halogenated alkanes) is 3. The molecule has 300 valence electrons. The number of nitrogens with two attached hydrogens (primary N) is 1. The van der Waals surface area contributed by atoms with E-state index in [9.17, 15) is 39.0 Å². The molecule has 4 aromatic heterocycles. The van der Waals surface area contributed by atoms with Crippen molar-refractivity contribution >= 4 is 67.6 Å². The smallest absolute Gasteiger partial charge is 0.323 e. The fourth-order valence-corrected chi connectivity index (χ4v) is 7.86. The first-order valence-corrected chi connectivity index (χ1v) is 19.6. The second-order valence-corrected chi connectivity index (χ2v) is 14.9. The molecule has 4 heterocycles. The molecule has 0 radical (unpaired) electrons. The van der Waals surface area contributed by atoms with Crippen LogP contribution in [0.4, 0.5) is 11.4 Å². The number of thiazole rings is 1. The Morgan fingerprint density at radius 2 is 1.34 bits per heavy atom. The molecule has 0 fully saturated rings. The lowest BCUT2D eigenvalue weighted by Crippen LogP contribution is -2.24. The molecular weight excluding hydrogens is 775 g/mol. The lowest BCUT2D eigenvalue weighted by molar-refractivity contribution is -0.138. The Morgan fingerprint density at radius 1 is 0.695 bits per heavy atom. The van der Waals surface area contributed by atoms with Gasteiger partial charge in [-0.05, 0) is 79.5 Å². The summed E-state index contributed by atoms with van der Waals surface area (Å²) in [6.07, 6.45) is 8.14. The zero-order valence-corrected chi connectivity index (χ0v) is 32.4. The van der Waals surface area contributed by atoms with Crippen LogP contribution in [0, 0.1) is 0 Å². The number of aryl methyl sites for hydroxylation is 1. The number of carboxylic acid groups (broad SMARTS) is 2. The highest BCUT2D eigenvalue weighted by Gasteiger charge is 2.21. The van der Waals surface area contributed by atoms with Crippen molar-refractivity contribution in [3.05, 3.63) is 135 Å². The third-order valence-electron chi connectivity index (χ3n) is 9.66. The standard InChI is InChI=1S/C43H39N7O8S/c44-16-5-1-2-6-17-48-18-15-32-33(42(58)46-30-10-14-37(52)50(23-30)25-39(55)56)12-11-31(40(32)48)26-19-27(21-28(20-26)43-47-34-7-3-4-8-35(34)59-43)41(57)45-29-9-13-36(51)49(22-29)24-38(53)54/h3-4,7-15,18-23H,1-2,5-6,16-17,24-25,44H2,(H,45,57)(H,46,58)(H,53,54)(H,55,56). The summed E-state index contributed by atoms with van der Waals surface area (Å²) >= 11 is 1.47. The van der Waals surface area contributed by atoms with Crippen LogP contribution in [0.5, 0.6) is 0 Å². The van der Waals surface area contributed by atoms with Crippen molar-refractivity contribution in [1.29, 1.82) is 0 Å². The summed E-state index contributed by atoms with van der Waals surface area (Å²) in [5.74, 6) is -3.40. The number of fused-ring (bicyclic) bond motifs is 2. The molecule has 0 saturated heterocycles. The Balaban J connectivity index is 1.33. The monoisotopic (exact) mass is 813 g/mol. The Morgan fingerprint density at radius 3 is 2.00 bits per heavy atom. The van der Waals surface area contributed by atoms with Crippen molar-refractivity contribution in [2.45, 2.75) is 45.3 Å². The van der Waals surface area contributed by atoms with Gasteiger partial charge in [-0.3, -0.25) is 28.8 Å². The van der Waals surface area contributed by atoms with Crippen LogP contribution in [0.3, 0.4) is 0 Å². The van der Waals surface area contributed by atoms with Gasteiger partial charge < -0.3 is 40.3 Å². The largest absolute Gasteiger partial charge is 0.480 e. The first-order valence-electron chi connectivity index (χ1n) is 18.8. The highest BCUT2D eigenvalue weighted by atomic mass is 32.1. The molecule has 0 aliphatic heterocycles. The summed E-state index contributed by atoms with van der Waals surface area (Å²) in [5.41, 5.74) is 9.31. The molecule has 2 amide bonds. The summed E-state index contributed by atoms with van der Waals surface area (Å²) in [6.45, 7) is 0.0931. The second kappa shape index (κ2) is 17.5. The number of benzene rings is 3. The van der Waals surface area contributed by atoms with Crippen molar-refractivity contribution in [3.8, 4) is 21.7 Å². The van der Waals surface area contributed by atoms with Gasteiger partial charge in [-0.15, -0.1) is 11.3 Å². The molecule has 0 atom stereocenters. The van der Waals surface area contributed by atoms with Crippen LogP contribution in [0.2, 0.25) is 0 Å². The van der Waals surface area contributed by atoms with Gasteiger partial charge in [-0.1, -0.05) is 31.0 Å². The first kappa shape index (κ1) is 40.0. The quantitative estimate of drug-likeness (QED) is 0.0706. The Labute approximate surface area is 340 Å². The van der Waals surface area contributed by atoms with Crippen molar-refractivity contribution in [2.75, 3.05) is 17.2 Å². The molecule has 0 saturated carbocycles. The Hall–Kier alpha value is -7.17. The number of para-hydroxylation sites is 1. The van der Waals surface area contributed by atoms with Gasteiger partial charge >= 0.3 is 11.9 Å². The number of aliphatic carboxylic acids is 2. The number of anilines is 2. The summed E-state index contributed by atoms with van der Waals surface area (Å²) in [7, 11) is 0. The van der Waals surface area contributed by atoms with Crippen molar-refractivity contribution in [2.24, 2.45) is 5.73 Å². The molecule has 7 aromatic rings. The van der Waals surface area contributed by atoms with E-state index < -0.39 is 48.0 Å². The van der Waals surface area contributed by atoms with Gasteiger partial charge in [0.2, 0.25) is 0 Å². The minimum absolute atomic E-state index is 0.224. The van der Waals surface area contributed by atoms with E-state index in [0.29, 0.717) is 40.2 Å². The number of carboxylic acids is 2. The molecule has 16 heteroatoms. The van der Waals surface area contributed by atoms with Gasteiger partial charge in [-0.2, -0.15) is 0 Å². The molecule has 3 aromatic carbocycles. The van der Waals surface area contributed by atoms with Crippen molar-refractivity contribution < 1.29 is 29.4 Å². The predicted molar refractivity (Wildman–Crippen MR) is 226 cm³/mol. The van der Waals surface area contributed by atoms with E-state index in [1.807, 2.05) is 48.7 Å². The van der Waals surface area contributed by atoms with Crippen molar-refractivity contribution in [3.63, 3.8) is 0 Å². The number of pyridine rings is 2. The Bertz CT molecular complexity index is 2840. The van der Waals surface area contributed by atoms with Gasteiger partial charge in [0.05, 0.1) is 27.1 Å². The second-order valence-electron chi connectivity index (χ2n) is 13.9. The minimum Gasteiger partial charge on any atom is -0.480 e. The molecule has 15 nitrogen and oxygen atoms in total. The number of nitrogens with zero attached hydrogens (tertiary/aromatic N) is 4. The maximum absolute atomic E-state index is 14.0. The number of carbonyl (C=O) groups excluding carboxylic acids is 2. The van der Waals surface area contributed by atoms with Crippen LogP contribution < -0.4 is 27.5 Å². The number of carbonyl (C=O) groups is 4. The first-order chi connectivity index (χ1) is 28.5. The summed E-state index contributed by atoms with van der Waals surface area (Å²) in [5, 5.41) is 25.4. The average Bonchev–Trinajstić information content (AvgIpc) is 3.85. The highest BCUT2D eigenvalue weighted by Crippen LogP contribution is 2.38. The predicted octanol–water partition coefficient (Wildman–Crippen LogP) is 6.10. The van der Waals surface area contributed by atoms with E-state index in [1.165, 1.54) is 48.0 Å². The van der Waals surface area contributed by atoms with Crippen LogP contribution >= 0.6 is 11.3 Å². The van der Waals surface area contributed by atoms with Gasteiger partial charge in [0, 0.05) is 64.9 Å². The summed E-state index contributed by atoms with van der Waals surface area (Å²) in [4.78, 5) is 80.1. The molecule has 59 heavy (non-hydrogen) atoms. The van der Waals surface area contributed by atoms with E-state index in [0.717, 1.165) is 56.1 Å². The number of nitrogens with one attached hydrogen (secondary N) is 2. The third-order valence-corrected chi connectivity index (χ3v) is 10.7. The third kappa shape index (κ3) is 9.19. The molecule has 0 aliphatic rings. The molecule has 0 bridgehead atoms. The van der Waals surface area contributed by atoms with Crippen LogP contribution in [0.15, 0.2) is 113 Å². The number of rotatable bonds is 16. The zero-order valence-electron chi connectivity index (χ0n) is 31.6. The SMILES string of the molecule is NCCCCCCn1ccc2c(C(=O)Nc3ccc(=O)n(CC(=O)O)c3)ccc(-c3cc(C(=O)Nc4ccc(=O)n(CC(=O)O)c4)cc(-c4nc5ccccc5s4)c3)c21. The van der Waals surface area contributed by atoms with Crippen molar-refractivity contribution in [1.82, 2.24) is 18.7 Å². The number of aromatic nitrogens is 4. The van der Waals surface area contributed by atoms with Gasteiger partial charge in [0.15, 0.2) is 0 Å². The van der Waals surface area contributed by atoms with E-state index in [4.69, 9.17) is 10.7 Å². The van der Waals surface area contributed by atoms with E-state index >= 15 is 0 Å². The molecule has 0 spiro atoms. The van der Waals surface area contributed by atoms with E-state index in [2.05, 4.69) is 15.2 Å². The zero-order chi connectivity index (χ0) is 41.6. The fraction of sp³-hybridized carbons (Fsp3) is 0.186.